The van der Waals surface area contributed by atoms with Gasteiger partial charge in [0.1, 0.15) is 0 Å². The molecule has 0 aliphatic carbocycles. The molecule has 0 aromatic heterocycles. The van der Waals surface area contributed by atoms with Crippen molar-refractivity contribution < 1.29 is 28.9 Å². The van der Waals surface area contributed by atoms with Crippen LogP contribution in [-0.2, 0) is 4.79 Å². The number of hydrogen-bond donors (Lipinski definition) is 3. The molecular formula is C11H12FNO5. The van der Waals surface area contributed by atoms with Crippen molar-refractivity contribution >= 4 is 11.9 Å². The predicted molar refractivity (Wildman–Crippen MR) is 58.9 cm³/mol. The number of aliphatic carboxylic acids is 1. The third-order valence-electron chi connectivity index (χ3n) is 2.15. The molecule has 0 saturated carbocycles. The van der Waals surface area contributed by atoms with Gasteiger partial charge in [0.05, 0.1) is 13.7 Å². The standard InChI is InChI=1S/C11H12FNO5/c1-18-9-4-6(2-3-7(9)12)10(15)13-5-8(14)11(16)17/h2-4,8,14H,5H2,1H3,(H,13,15)(H,16,17). The van der Waals surface area contributed by atoms with E-state index < -0.39 is 30.3 Å². The van der Waals surface area contributed by atoms with Crippen LogP contribution in [0.3, 0.4) is 0 Å². The van der Waals surface area contributed by atoms with Crippen molar-refractivity contribution in [3.8, 4) is 5.75 Å². The van der Waals surface area contributed by atoms with Gasteiger partial charge in [-0.2, -0.15) is 0 Å². The Morgan fingerprint density at radius 2 is 2.17 bits per heavy atom. The average Bonchev–Trinajstić information content (AvgIpc) is 2.35. The minimum absolute atomic E-state index is 0.0959. The first-order valence-corrected chi connectivity index (χ1v) is 4.98. The predicted octanol–water partition coefficient (Wildman–Crippen LogP) is 0.00960. The first-order valence-electron chi connectivity index (χ1n) is 4.98. The number of hydrogen-bond acceptors (Lipinski definition) is 4. The number of carbonyl (C=O) groups excluding carboxylic acids is 1. The maximum Gasteiger partial charge on any atom is 0.334 e. The summed E-state index contributed by atoms with van der Waals surface area (Å²) in [6.07, 6.45) is -1.68. The van der Waals surface area contributed by atoms with Crippen LogP contribution in [0.4, 0.5) is 4.39 Å². The topological polar surface area (TPSA) is 95.9 Å². The van der Waals surface area contributed by atoms with Gasteiger partial charge in [0.2, 0.25) is 0 Å². The number of amides is 1. The second kappa shape index (κ2) is 5.97. The summed E-state index contributed by atoms with van der Waals surface area (Å²) < 4.78 is 17.8. The van der Waals surface area contributed by atoms with Crippen LogP contribution >= 0.6 is 0 Å². The highest BCUT2D eigenvalue weighted by atomic mass is 19.1. The molecule has 0 heterocycles. The Morgan fingerprint density at radius 1 is 1.50 bits per heavy atom. The highest BCUT2D eigenvalue weighted by molar-refractivity contribution is 5.94. The Hall–Kier alpha value is -2.15. The number of methoxy groups -OCH3 is 1. The highest BCUT2D eigenvalue weighted by Crippen LogP contribution is 2.17. The fraction of sp³-hybridized carbons (Fsp3) is 0.273. The van der Waals surface area contributed by atoms with Crippen molar-refractivity contribution in [1.29, 1.82) is 0 Å². The van der Waals surface area contributed by atoms with Gasteiger partial charge in [-0.3, -0.25) is 4.79 Å². The lowest BCUT2D eigenvalue weighted by atomic mass is 10.2. The molecule has 7 heteroatoms. The van der Waals surface area contributed by atoms with Gasteiger partial charge in [-0.1, -0.05) is 0 Å². The second-order valence-corrected chi connectivity index (χ2v) is 3.41. The van der Waals surface area contributed by atoms with Gasteiger partial charge in [0, 0.05) is 5.56 Å². The minimum atomic E-state index is -1.68. The molecule has 0 aliphatic heterocycles. The fourth-order valence-corrected chi connectivity index (χ4v) is 1.18. The van der Waals surface area contributed by atoms with Crippen molar-refractivity contribution in [3.63, 3.8) is 0 Å². The second-order valence-electron chi connectivity index (χ2n) is 3.41. The molecule has 1 aromatic rings. The van der Waals surface area contributed by atoms with E-state index in [2.05, 4.69) is 5.32 Å². The molecule has 0 saturated heterocycles. The van der Waals surface area contributed by atoms with E-state index in [0.29, 0.717) is 0 Å². The third kappa shape index (κ3) is 3.42. The summed E-state index contributed by atoms with van der Waals surface area (Å²) in [7, 11) is 1.26. The number of aliphatic hydroxyl groups excluding tert-OH is 1. The first kappa shape index (κ1) is 13.9. The molecule has 1 rings (SSSR count). The summed E-state index contributed by atoms with van der Waals surface area (Å²) >= 11 is 0. The number of carbonyl (C=O) groups is 2. The molecule has 18 heavy (non-hydrogen) atoms. The number of ether oxygens (including phenoxy) is 1. The number of halogens is 1. The van der Waals surface area contributed by atoms with Crippen LogP contribution in [0.25, 0.3) is 0 Å². The van der Waals surface area contributed by atoms with Gasteiger partial charge in [-0.05, 0) is 18.2 Å². The quantitative estimate of drug-likeness (QED) is 0.690. The molecule has 0 radical (unpaired) electrons. The van der Waals surface area contributed by atoms with Crippen LogP contribution in [0.1, 0.15) is 10.4 Å². The monoisotopic (exact) mass is 257 g/mol. The molecule has 6 nitrogen and oxygen atoms in total. The van der Waals surface area contributed by atoms with E-state index in [1.54, 1.807) is 0 Å². The Balaban J connectivity index is 2.70. The number of carboxylic acid groups (broad SMARTS) is 1. The molecule has 0 spiro atoms. The Kier molecular flexibility index (Phi) is 4.61. The van der Waals surface area contributed by atoms with Gasteiger partial charge in [0.15, 0.2) is 17.7 Å². The van der Waals surface area contributed by atoms with Crippen LogP contribution in [0.2, 0.25) is 0 Å². The zero-order valence-corrected chi connectivity index (χ0v) is 9.51. The molecule has 0 fully saturated rings. The smallest absolute Gasteiger partial charge is 0.334 e. The maximum atomic E-state index is 13.1. The summed E-state index contributed by atoms with van der Waals surface area (Å²) in [5, 5.41) is 19.6. The number of nitrogens with one attached hydrogen (secondary N) is 1. The van der Waals surface area contributed by atoms with Crippen molar-refractivity contribution in [3.05, 3.63) is 29.6 Å². The molecule has 1 unspecified atom stereocenters. The highest BCUT2D eigenvalue weighted by Gasteiger charge is 2.15. The summed E-state index contributed by atoms with van der Waals surface area (Å²) in [6, 6.07) is 3.46. The van der Waals surface area contributed by atoms with Gasteiger partial charge >= 0.3 is 5.97 Å². The first-order chi connectivity index (χ1) is 8.45. The van der Waals surface area contributed by atoms with Crippen LogP contribution in [-0.4, -0.2) is 41.8 Å². The molecule has 0 bridgehead atoms. The Morgan fingerprint density at radius 3 is 2.72 bits per heavy atom. The minimum Gasteiger partial charge on any atom is -0.494 e. The molecule has 1 amide bonds. The third-order valence-corrected chi connectivity index (χ3v) is 2.15. The average molecular weight is 257 g/mol. The van der Waals surface area contributed by atoms with E-state index in [0.717, 1.165) is 6.07 Å². The lowest BCUT2D eigenvalue weighted by Gasteiger charge is -2.09. The van der Waals surface area contributed by atoms with Crippen molar-refractivity contribution in [2.45, 2.75) is 6.10 Å². The van der Waals surface area contributed by atoms with E-state index in [9.17, 15) is 14.0 Å². The summed E-state index contributed by atoms with van der Waals surface area (Å²) in [5.41, 5.74) is 0.103. The number of carboxylic acids is 1. The van der Waals surface area contributed by atoms with Crippen molar-refractivity contribution in [1.82, 2.24) is 5.32 Å². The van der Waals surface area contributed by atoms with Gasteiger partial charge in [-0.15, -0.1) is 0 Å². The van der Waals surface area contributed by atoms with E-state index in [1.807, 2.05) is 0 Å². The molecular weight excluding hydrogens is 245 g/mol. The normalized spacial score (nSPS) is 11.7. The number of benzene rings is 1. The number of rotatable bonds is 5. The molecule has 98 valence electrons. The van der Waals surface area contributed by atoms with E-state index in [4.69, 9.17) is 14.9 Å². The van der Waals surface area contributed by atoms with Gasteiger partial charge in [0.25, 0.3) is 5.91 Å². The van der Waals surface area contributed by atoms with E-state index in [1.165, 1.54) is 19.2 Å². The van der Waals surface area contributed by atoms with Crippen molar-refractivity contribution in [2.24, 2.45) is 0 Å². The lowest BCUT2D eigenvalue weighted by Crippen LogP contribution is -2.36. The molecule has 3 N–H and O–H groups in total. The maximum absolute atomic E-state index is 13.1. The largest absolute Gasteiger partial charge is 0.494 e. The van der Waals surface area contributed by atoms with E-state index in [-0.39, 0.29) is 11.3 Å². The van der Waals surface area contributed by atoms with Crippen molar-refractivity contribution in [2.75, 3.05) is 13.7 Å². The zero-order valence-electron chi connectivity index (χ0n) is 9.51. The zero-order chi connectivity index (χ0) is 13.7. The number of aliphatic hydroxyl groups is 1. The van der Waals surface area contributed by atoms with Crippen LogP contribution in [0.5, 0.6) is 5.75 Å². The molecule has 1 atom stereocenters. The summed E-state index contributed by atoms with van der Waals surface area (Å²) in [5.74, 6) is -2.78. The van der Waals surface area contributed by atoms with Crippen LogP contribution < -0.4 is 10.1 Å². The van der Waals surface area contributed by atoms with Crippen LogP contribution in [0.15, 0.2) is 18.2 Å². The summed E-state index contributed by atoms with van der Waals surface area (Å²) in [6.45, 7) is -0.437. The van der Waals surface area contributed by atoms with Gasteiger partial charge < -0.3 is 20.3 Å². The molecule has 0 aliphatic rings. The Bertz CT molecular complexity index is 463. The van der Waals surface area contributed by atoms with E-state index >= 15 is 0 Å². The Labute approximate surface area is 102 Å². The SMILES string of the molecule is COc1cc(C(=O)NCC(O)C(=O)O)ccc1F. The van der Waals surface area contributed by atoms with Gasteiger partial charge in [-0.25, -0.2) is 9.18 Å². The summed E-state index contributed by atoms with van der Waals surface area (Å²) in [4.78, 5) is 21.9. The lowest BCUT2D eigenvalue weighted by molar-refractivity contribution is -0.146. The fourth-order valence-electron chi connectivity index (χ4n) is 1.18. The van der Waals surface area contributed by atoms with Crippen LogP contribution in [0, 0.1) is 5.82 Å². The molecule has 1 aromatic carbocycles.